The van der Waals surface area contributed by atoms with Crippen molar-refractivity contribution in [2.24, 2.45) is 23.2 Å². The van der Waals surface area contributed by atoms with Crippen molar-refractivity contribution in [2.45, 2.75) is 58.4 Å². The van der Waals surface area contributed by atoms with Crippen LogP contribution in [0.3, 0.4) is 0 Å². The Labute approximate surface area is 144 Å². The van der Waals surface area contributed by atoms with E-state index in [4.69, 9.17) is 4.74 Å². The molecular weight excluding hydrogens is 302 g/mol. The van der Waals surface area contributed by atoms with Crippen LogP contribution in [-0.2, 0) is 14.3 Å². The Kier molecular flexibility index (Phi) is 5.12. The average molecular weight is 331 g/mol. The van der Waals surface area contributed by atoms with Gasteiger partial charge in [-0.25, -0.2) is 4.79 Å². The molecule has 0 radical (unpaired) electrons. The molecule has 1 N–H and O–H groups in total. The van der Waals surface area contributed by atoms with E-state index in [0.717, 1.165) is 17.8 Å². The van der Waals surface area contributed by atoms with Gasteiger partial charge < -0.3 is 10.1 Å². The fourth-order valence-corrected chi connectivity index (χ4v) is 5.57. The number of carbonyl (C=O) groups excluding carboxylic acids is 2. The lowest BCUT2D eigenvalue weighted by Gasteiger charge is -2.59. The predicted octanol–water partition coefficient (Wildman–Crippen LogP) is 3.38. The van der Waals surface area contributed by atoms with E-state index in [2.05, 4.69) is 12.2 Å². The second kappa shape index (κ2) is 7.12. The van der Waals surface area contributed by atoms with E-state index < -0.39 is 5.97 Å². The molecule has 0 unspecified atom stereocenters. The van der Waals surface area contributed by atoms with Gasteiger partial charge in [0, 0.05) is 12.1 Å². The Hall–Kier alpha value is -1.58. The maximum Gasteiger partial charge on any atom is 0.331 e. The summed E-state index contributed by atoms with van der Waals surface area (Å²) in [5.74, 6) is 1.93. The number of ether oxygens (including phenoxy) is 1. The first-order valence-corrected chi connectivity index (χ1v) is 9.26. The summed E-state index contributed by atoms with van der Waals surface area (Å²) in [6, 6.07) is 0.163. The Bertz CT molecular complexity index is 514. The lowest BCUT2D eigenvalue weighted by molar-refractivity contribution is -0.145. The molecule has 4 rings (SSSR count). The highest BCUT2D eigenvalue weighted by atomic mass is 16.5. The van der Waals surface area contributed by atoms with Crippen molar-refractivity contribution in [1.29, 1.82) is 0 Å². The Morgan fingerprint density at radius 3 is 2.25 bits per heavy atom. The predicted molar refractivity (Wildman–Crippen MR) is 93.1 cm³/mol. The molecule has 4 aliphatic carbocycles. The van der Waals surface area contributed by atoms with Crippen LogP contribution in [0.5, 0.6) is 0 Å². The van der Waals surface area contributed by atoms with Crippen molar-refractivity contribution in [2.75, 3.05) is 6.61 Å². The zero-order chi connectivity index (χ0) is 17.2. The fraction of sp³-hybridized carbons (Fsp3) is 0.700. The van der Waals surface area contributed by atoms with Gasteiger partial charge in [0.25, 0.3) is 5.91 Å². The third-order valence-electron chi connectivity index (χ3n) is 6.26. The van der Waals surface area contributed by atoms with Crippen LogP contribution < -0.4 is 5.32 Å². The van der Waals surface area contributed by atoms with E-state index in [-0.39, 0.29) is 24.0 Å². The van der Waals surface area contributed by atoms with Gasteiger partial charge in [-0.3, -0.25) is 4.79 Å². The molecule has 1 atom stereocenters. The number of nitrogens with one attached hydrogen (secondary N) is 1. The molecule has 4 nitrogen and oxygen atoms in total. The quantitative estimate of drug-likeness (QED) is 0.461. The largest absolute Gasteiger partial charge is 0.452 e. The number of esters is 1. The highest BCUT2D eigenvalue weighted by Crippen LogP contribution is 2.61. The van der Waals surface area contributed by atoms with E-state index >= 15 is 0 Å². The minimum atomic E-state index is -0.481. The lowest BCUT2D eigenvalue weighted by Crippen LogP contribution is -2.56. The summed E-state index contributed by atoms with van der Waals surface area (Å²) in [4.78, 5) is 23.7. The normalized spacial score (nSPS) is 35.5. The molecule has 0 aromatic rings. The molecule has 4 saturated carbocycles. The van der Waals surface area contributed by atoms with Crippen molar-refractivity contribution in [1.82, 2.24) is 5.32 Å². The van der Waals surface area contributed by atoms with Crippen LogP contribution in [0.2, 0.25) is 0 Å². The number of amides is 1. The number of hydrogen-bond donors (Lipinski definition) is 1. The van der Waals surface area contributed by atoms with Gasteiger partial charge in [-0.05, 0) is 75.5 Å². The lowest BCUT2D eigenvalue weighted by atomic mass is 9.48. The van der Waals surface area contributed by atoms with Crippen molar-refractivity contribution >= 4 is 11.9 Å². The molecule has 4 heteroatoms. The molecule has 4 fully saturated rings. The third kappa shape index (κ3) is 3.73. The molecule has 0 aromatic heterocycles. The van der Waals surface area contributed by atoms with Gasteiger partial charge in [0.05, 0.1) is 0 Å². The van der Waals surface area contributed by atoms with Crippen molar-refractivity contribution in [3.8, 4) is 0 Å². The van der Waals surface area contributed by atoms with Crippen LogP contribution in [0.15, 0.2) is 24.3 Å². The minimum absolute atomic E-state index is 0.163. The summed E-state index contributed by atoms with van der Waals surface area (Å²) in [5, 5.41) is 3.11. The third-order valence-corrected chi connectivity index (χ3v) is 6.26. The molecule has 0 aromatic carbocycles. The van der Waals surface area contributed by atoms with E-state index in [9.17, 15) is 9.59 Å². The van der Waals surface area contributed by atoms with E-state index in [1.54, 1.807) is 12.2 Å². The van der Waals surface area contributed by atoms with Gasteiger partial charge in [0.2, 0.25) is 0 Å². The molecule has 24 heavy (non-hydrogen) atoms. The average Bonchev–Trinajstić information content (AvgIpc) is 2.52. The number of rotatable bonds is 6. The Balaban J connectivity index is 1.49. The van der Waals surface area contributed by atoms with Crippen LogP contribution in [0.1, 0.15) is 52.4 Å². The highest BCUT2D eigenvalue weighted by Gasteiger charge is 2.53. The maximum atomic E-state index is 12.2. The summed E-state index contributed by atoms with van der Waals surface area (Å²) >= 11 is 0. The molecule has 4 bridgehead atoms. The number of allylic oxidation sites excluding steroid dienone is 3. The topological polar surface area (TPSA) is 55.4 Å². The molecule has 0 heterocycles. The SMILES string of the molecule is C/C=C/C=C/C(=O)OCC(=O)N[C@H](C)C12CC3CC(CC(C3)C1)C2. The molecule has 1 amide bonds. The van der Waals surface area contributed by atoms with Crippen LogP contribution in [-0.4, -0.2) is 24.5 Å². The maximum absolute atomic E-state index is 12.2. The molecule has 132 valence electrons. The molecule has 0 aliphatic heterocycles. The number of hydrogen-bond acceptors (Lipinski definition) is 3. The molecular formula is C20H29NO3. The van der Waals surface area contributed by atoms with Crippen molar-refractivity contribution in [3.63, 3.8) is 0 Å². The standard InChI is InChI=1S/C20H29NO3/c1-3-4-5-6-19(23)24-13-18(22)21-14(2)20-10-15-7-16(11-20)9-17(8-15)12-20/h3-6,14-17H,7-13H2,1-2H3,(H,21,22)/b4-3+,6-5+/t14-,15?,16?,17?,20?/m1/s1. The van der Waals surface area contributed by atoms with Gasteiger partial charge in [0.15, 0.2) is 6.61 Å². The van der Waals surface area contributed by atoms with Gasteiger partial charge in [-0.1, -0.05) is 18.2 Å². The van der Waals surface area contributed by atoms with Crippen LogP contribution in [0.4, 0.5) is 0 Å². The first kappa shape index (κ1) is 17.2. The van der Waals surface area contributed by atoms with Crippen LogP contribution in [0, 0.1) is 23.2 Å². The molecule has 0 saturated heterocycles. The summed E-state index contributed by atoms with van der Waals surface area (Å²) in [7, 11) is 0. The monoisotopic (exact) mass is 331 g/mol. The molecule has 4 aliphatic rings. The molecule has 0 spiro atoms. The zero-order valence-corrected chi connectivity index (χ0v) is 14.8. The smallest absolute Gasteiger partial charge is 0.331 e. The fourth-order valence-electron chi connectivity index (χ4n) is 5.57. The van der Waals surface area contributed by atoms with Gasteiger partial charge in [-0.15, -0.1) is 0 Å². The van der Waals surface area contributed by atoms with Crippen LogP contribution in [0.25, 0.3) is 0 Å². The minimum Gasteiger partial charge on any atom is -0.452 e. The number of carbonyl (C=O) groups is 2. The van der Waals surface area contributed by atoms with E-state index in [0.29, 0.717) is 0 Å². The van der Waals surface area contributed by atoms with Crippen molar-refractivity contribution < 1.29 is 14.3 Å². The van der Waals surface area contributed by atoms with Crippen LogP contribution >= 0.6 is 0 Å². The first-order valence-electron chi connectivity index (χ1n) is 9.26. The first-order chi connectivity index (χ1) is 11.5. The van der Waals surface area contributed by atoms with E-state index in [1.165, 1.54) is 44.6 Å². The van der Waals surface area contributed by atoms with Gasteiger partial charge in [0.1, 0.15) is 0 Å². The van der Waals surface area contributed by atoms with Crippen molar-refractivity contribution in [3.05, 3.63) is 24.3 Å². The summed E-state index contributed by atoms with van der Waals surface area (Å²) in [5.41, 5.74) is 0.278. The van der Waals surface area contributed by atoms with E-state index in [1.807, 2.05) is 13.0 Å². The summed E-state index contributed by atoms with van der Waals surface area (Å²) in [6.45, 7) is 3.81. The van der Waals surface area contributed by atoms with Gasteiger partial charge >= 0.3 is 5.97 Å². The second-order valence-corrected chi connectivity index (χ2v) is 8.06. The summed E-state index contributed by atoms with van der Waals surface area (Å²) < 4.78 is 5.00. The summed E-state index contributed by atoms with van der Waals surface area (Å²) in [6.07, 6.45) is 14.5. The highest BCUT2D eigenvalue weighted by molar-refractivity contribution is 5.86. The Morgan fingerprint density at radius 2 is 1.71 bits per heavy atom. The van der Waals surface area contributed by atoms with Gasteiger partial charge in [-0.2, -0.15) is 0 Å². The second-order valence-electron chi connectivity index (χ2n) is 8.06. The Morgan fingerprint density at radius 1 is 1.12 bits per heavy atom. The zero-order valence-electron chi connectivity index (χ0n) is 14.8.